The zero-order valence-electron chi connectivity index (χ0n) is 12.5. The van der Waals surface area contributed by atoms with Crippen molar-refractivity contribution in [1.82, 2.24) is 4.98 Å². The summed E-state index contributed by atoms with van der Waals surface area (Å²) in [7, 11) is 0. The molecule has 0 saturated carbocycles. The zero-order valence-corrected chi connectivity index (χ0v) is 12.5. The molecule has 0 aliphatic rings. The first kappa shape index (κ1) is 14.7. The molecule has 0 saturated heterocycles. The number of aryl methyl sites for hydroxylation is 1. The van der Waals surface area contributed by atoms with Crippen LogP contribution in [0.15, 0.2) is 54.6 Å². The van der Waals surface area contributed by atoms with Crippen LogP contribution in [-0.2, 0) is 0 Å². The molecule has 112 valence electrons. The van der Waals surface area contributed by atoms with E-state index >= 15 is 0 Å². The highest BCUT2D eigenvalue weighted by Crippen LogP contribution is 2.31. The molecule has 0 atom stereocenters. The van der Waals surface area contributed by atoms with Crippen LogP contribution in [0, 0.1) is 24.1 Å². The van der Waals surface area contributed by atoms with Gasteiger partial charge in [-0.25, -0.2) is 9.37 Å². The summed E-state index contributed by atoms with van der Waals surface area (Å²) >= 11 is 0. The van der Waals surface area contributed by atoms with Crippen LogP contribution >= 0.6 is 0 Å². The second-order valence-corrected chi connectivity index (χ2v) is 5.30. The zero-order chi connectivity index (χ0) is 16.4. The Labute approximate surface area is 133 Å². The van der Waals surface area contributed by atoms with Gasteiger partial charge in [0, 0.05) is 11.1 Å². The molecular weight excluding hydrogens is 289 g/mol. The fourth-order valence-corrected chi connectivity index (χ4v) is 2.41. The third-order valence-electron chi connectivity index (χ3n) is 3.66. The van der Waals surface area contributed by atoms with Gasteiger partial charge < -0.3 is 5.73 Å². The van der Waals surface area contributed by atoms with Crippen LogP contribution in [0.2, 0.25) is 0 Å². The average molecular weight is 303 g/mol. The van der Waals surface area contributed by atoms with Crippen molar-refractivity contribution in [2.75, 3.05) is 5.73 Å². The fourth-order valence-electron chi connectivity index (χ4n) is 2.41. The summed E-state index contributed by atoms with van der Waals surface area (Å²) in [6, 6.07) is 17.8. The van der Waals surface area contributed by atoms with Crippen LogP contribution in [0.5, 0.6) is 0 Å². The molecule has 0 unspecified atom stereocenters. The second-order valence-electron chi connectivity index (χ2n) is 5.30. The van der Waals surface area contributed by atoms with Crippen molar-refractivity contribution in [3.8, 4) is 28.5 Å². The monoisotopic (exact) mass is 303 g/mol. The van der Waals surface area contributed by atoms with E-state index in [9.17, 15) is 9.65 Å². The molecule has 2 aromatic carbocycles. The van der Waals surface area contributed by atoms with E-state index in [0.29, 0.717) is 11.3 Å². The van der Waals surface area contributed by atoms with Crippen LogP contribution < -0.4 is 5.73 Å². The van der Waals surface area contributed by atoms with Gasteiger partial charge in [-0.3, -0.25) is 0 Å². The van der Waals surface area contributed by atoms with Gasteiger partial charge in [-0.2, -0.15) is 5.26 Å². The van der Waals surface area contributed by atoms with Gasteiger partial charge in [0.05, 0.1) is 5.69 Å². The van der Waals surface area contributed by atoms with Crippen LogP contribution in [-0.4, -0.2) is 4.98 Å². The quantitative estimate of drug-likeness (QED) is 0.767. The Hall–Kier alpha value is -3.19. The minimum absolute atomic E-state index is 0.171. The summed E-state index contributed by atoms with van der Waals surface area (Å²) in [5, 5.41) is 9.39. The molecule has 3 rings (SSSR count). The highest BCUT2D eigenvalue weighted by Gasteiger charge is 2.13. The Bertz CT molecular complexity index is 892. The van der Waals surface area contributed by atoms with Crippen molar-refractivity contribution < 1.29 is 4.39 Å². The van der Waals surface area contributed by atoms with Gasteiger partial charge in [-0.1, -0.05) is 29.8 Å². The number of hydrogen-bond donors (Lipinski definition) is 1. The fraction of sp³-hybridized carbons (Fsp3) is 0.0526. The average Bonchev–Trinajstić information content (AvgIpc) is 2.55. The number of anilines is 1. The molecule has 1 heterocycles. The normalized spacial score (nSPS) is 10.3. The number of benzene rings is 2. The maximum Gasteiger partial charge on any atom is 0.142 e. The number of aromatic nitrogens is 1. The van der Waals surface area contributed by atoms with Gasteiger partial charge in [0.1, 0.15) is 23.3 Å². The Balaban J connectivity index is 2.20. The summed E-state index contributed by atoms with van der Waals surface area (Å²) in [5.74, 6) is -0.140. The molecule has 0 aliphatic carbocycles. The number of rotatable bonds is 2. The predicted molar refractivity (Wildman–Crippen MR) is 88.9 cm³/mol. The largest absolute Gasteiger partial charge is 0.383 e. The van der Waals surface area contributed by atoms with E-state index < -0.39 is 0 Å². The van der Waals surface area contributed by atoms with E-state index in [0.717, 1.165) is 22.3 Å². The highest BCUT2D eigenvalue weighted by atomic mass is 19.1. The smallest absolute Gasteiger partial charge is 0.142 e. The first-order valence-electron chi connectivity index (χ1n) is 7.12. The van der Waals surface area contributed by atoms with Gasteiger partial charge >= 0.3 is 0 Å². The lowest BCUT2D eigenvalue weighted by Gasteiger charge is -2.10. The molecular formula is C19H14FN3. The lowest BCUT2D eigenvalue weighted by molar-refractivity contribution is 0.628. The van der Waals surface area contributed by atoms with Gasteiger partial charge in [-0.05, 0) is 42.8 Å². The van der Waals surface area contributed by atoms with Gasteiger partial charge in [-0.15, -0.1) is 0 Å². The third-order valence-corrected chi connectivity index (χ3v) is 3.66. The Morgan fingerprint density at radius 2 is 1.61 bits per heavy atom. The van der Waals surface area contributed by atoms with Crippen LogP contribution in [0.4, 0.5) is 10.2 Å². The molecule has 0 spiro atoms. The molecule has 0 bridgehead atoms. The molecule has 3 aromatic rings. The van der Waals surface area contributed by atoms with E-state index in [1.165, 1.54) is 12.1 Å². The maximum absolute atomic E-state index is 13.1. The molecule has 0 fully saturated rings. The summed E-state index contributed by atoms with van der Waals surface area (Å²) in [5.41, 5.74) is 10.4. The van der Waals surface area contributed by atoms with Gasteiger partial charge in [0.15, 0.2) is 0 Å². The second kappa shape index (κ2) is 5.90. The summed E-state index contributed by atoms with van der Waals surface area (Å²) in [6.45, 7) is 2.00. The summed E-state index contributed by atoms with van der Waals surface area (Å²) in [6.07, 6.45) is 0. The van der Waals surface area contributed by atoms with Crippen molar-refractivity contribution in [3.05, 3.63) is 71.5 Å². The molecule has 0 aliphatic heterocycles. The molecule has 0 radical (unpaired) electrons. The first-order valence-corrected chi connectivity index (χ1v) is 7.12. The van der Waals surface area contributed by atoms with Crippen LogP contribution in [0.25, 0.3) is 22.4 Å². The van der Waals surface area contributed by atoms with Crippen molar-refractivity contribution in [2.45, 2.75) is 6.92 Å². The van der Waals surface area contributed by atoms with E-state index in [4.69, 9.17) is 5.73 Å². The summed E-state index contributed by atoms with van der Waals surface area (Å²) < 4.78 is 13.1. The van der Waals surface area contributed by atoms with E-state index in [-0.39, 0.29) is 11.6 Å². The van der Waals surface area contributed by atoms with Gasteiger partial charge in [0.25, 0.3) is 0 Å². The number of halogens is 1. The van der Waals surface area contributed by atoms with E-state index in [1.54, 1.807) is 12.1 Å². The Kier molecular flexibility index (Phi) is 3.78. The molecule has 1 aromatic heterocycles. The van der Waals surface area contributed by atoms with E-state index in [2.05, 4.69) is 11.1 Å². The lowest BCUT2D eigenvalue weighted by Crippen LogP contribution is -1.99. The molecule has 23 heavy (non-hydrogen) atoms. The maximum atomic E-state index is 13.1. The van der Waals surface area contributed by atoms with Crippen molar-refractivity contribution in [2.24, 2.45) is 0 Å². The number of nitrogen functional groups attached to an aromatic ring is 1. The van der Waals surface area contributed by atoms with Crippen LogP contribution in [0.3, 0.4) is 0 Å². The molecule has 3 nitrogen and oxygen atoms in total. The third kappa shape index (κ3) is 2.90. The number of nitrogens with two attached hydrogens (primary N) is 1. The summed E-state index contributed by atoms with van der Waals surface area (Å²) in [4.78, 5) is 4.28. The van der Waals surface area contributed by atoms with E-state index in [1.807, 2.05) is 37.3 Å². The SMILES string of the molecule is Cc1ccc(-c2cc(-c3ccc(F)cc3)nc(N)c2C#N)cc1. The standard InChI is InChI=1S/C19H14FN3/c1-12-2-4-13(5-3-12)16-10-18(23-19(22)17(16)11-21)14-6-8-15(20)9-7-14/h2-10H,1H3,(H2,22,23). The molecule has 0 amide bonds. The Morgan fingerprint density at radius 3 is 2.22 bits per heavy atom. The van der Waals surface area contributed by atoms with Gasteiger partial charge in [0.2, 0.25) is 0 Å². The Morgan fingerprint density at radius 1 is 1.00 bits per heavy atom. The molecule has 2 N–H and O–H groups in total. The highest BCUT2D eigenvalue weighted by molar-refractivity contribution is 5.80. The number of hydrogen-bond acceptors (Lipinski definition) is 3. The molecule has 4 heteroatoms. The predicted octanol–water partition coefficient (Wildman–Crippen LogP) is 4.32. The topological polar surface area (TPSA) is 62.7 Å². The van der Waals surface area contributed by atoms with Crippen LogP contribution in [0.1, 0.15) is 11.1 Å². The number of nitriles is 1. The lowest BCUT2D eigenvalue weighted by atomic mass is 9.98. The minimum Gasteiger partial charge on any atom is -0.383 e. The first-order chi connectivity index (χ1) is 11.1. The van der Waals surface area contributed by atoms with Crippen molar-refractivity contribution in [1.29, 1.82) is 5.26 Å². The number of pyridine rings is 1. The minimum atomic E-state index is -0.311. The van der Waals surface area contributed by atoms with Crippen molar-refractivity contribution in [3.63, 3.8) is 0 Å². The number of nitrogens with zero attached hydrogens (tertiary/aromatic N) is 2. The van der Waals surface area contributed by atoms with Crippen molar-refractivity contribution >= 4 is 5.82 Å².